The van der Waals surface area contributed by atoms with E-state index in [1.807, 2.05) is 46.7 Å². The summed E-state index contributed by atoms with van der Waals surface area (Å²) >= 11 is 0. The summed E-state index contributed by atoms with van der Waals surface area (Å²) in [6.45, 7) is 17.4. The first kappa shape index (κ1) is 42.2. The van der Waals surface area contributed by atoms with E-state index in [4.69, 9.17) is 8.85 Å². The zero-order valence-corrected chi connectivity index (χ0v) is 28.8. The number of alkyl halides is 13. The van der Waals surface area contributed by atoms with Gasteiger partial charge in [-0.25, -0.2) is 0 Å². The summed E-state index contributed by atoms with van der Waals surface area (Å²) in [7, 11) is -5.19. The van der Waals surface area contributed by atoms with Gasteiger partial charge in [-0.1, -0.05) is 52.8 Å². The first-order valence-electron chi connectivity index (χ1n) is 13.6. The molecule has 0 heterocycles. The average Bonchev–Trinajstić information content (AvgIpc) is 2.84. The fraction of sp³-hybridized carbons (Fsp3) is 0.741. The van der Waals surface area contributed by atoms with Crippen LogP contribution in [-0.4, -0.2) is 63.3 Å². The van der Waals surface area contributed by atoms with Gasteiger partial charge < -0.3 is 14.1 Å². The SMILES string of the molecule is CC(C)(C)[Si](C)(C)OCc1cc(CO[Si](C)(C)C(C)(C)C)cc(C(=NO)C(F)(F)C(F)(F)C(F)(F)C(F)(F)C(F)(F)C(F)(F)F)c1. The van der Waals surface area contributed by atoms with E-state index in [2.05, 4.69) is 0 Å². The number of halogens is 13. The number of hydrogen-bond donors (Lipinski definition) is 1. The van der Waals surface area contributed by atoms with Crippen molar-refractivity contribution in [2.45, 2.75) is 127 Å². The molecule has 46 heavy (non-hydrogen) atoms. The van der Waals surface area contributed by atoms with Crippen LogP contribution in [0.15, 0.2) is 23.4 Å². The zero-order valence-electron chi connectivity index (χ0n) is 26.8. The number of rotatable bonds is 12. The van der Waals surface area contributed by atoms with Crippen molar-refractivity contribution in [3.63, 3.8) is 0 Å². The van der Waals surface area contributed by atoms with Gasteiger partial charge in [-0.05, 0) is 59.5 Å². The van der Waals surface area contributed by atoms with E-state index in [1.165, 1.54) is 6.07 Å². The minimum absolute atomic E-state index is 0.0860. The molecule has 1 rings (SSSR count). The van der Waals surface area contributed by atoms with Crippen LogP contribution in [0.2, 0.25) is 36.3 Å². The maximum Gasteiger partial charge on any atom is 0.460 e. The molecule has 0 aliphatic heterocycles. The van der Waals surface area contributed by atoms with E-state index in [0.29, 0.717) is 12.1 Å². The second-order valence-corrected chi connectivity index (χ2v) is 23.6. The van der Waals surface area contributed by atoms with Gasteiger partial charge in [0.1, 0.15) is 0 Å². The largest absolute Gasteiger partial charge is 0.460 e. The highest BCUT2D eigenvalue weighted by atomic mass is 28.4. The standard InChI is InChI=1S/C27H38F13NO3Si2/c1-20(2,3)45(7,8)43-14-16-11-17(15-44-46(9,10)21(4,5)6)13-18(12-16)19(41-42)22(28,29)23(30,31)24(32,33)25(34,35)26(36,37)27(38,39)40/h11-13,42H,14-15H2,1-10H3. The molecule has 1 N–H and O–H groups in total. The van der Waals surface area contributed by atoms with Gasteiger partial charge in [0, 0.05) is 5.56 Å². The molecule has 0 bridgehead atoms. The van der Waals surface area contributed by atoms with Crippen molar-refractivity contribution >= 4 is 22.3 Å². The van der Waals surface area contributed by atoms with Gasteiger partial charge in [-0.3, -0.25) is 0 Å². The molecular weight excluding hydrogens is 689 g/mol. The highest BCUT2D eigenvalue weighted by molar-refractivity contribution is 6.74. The molecule has 268 valence electrons. The highest BCUT2D eigenvalue weighted by Gasteiger charge is 2.91. The minimum Gasteiger partial charge on any atom is -0.413 e. The van der Waals surface area contributed by atoms with E-state index in [1.54, 1.807) is 26.2 Å². The monoisotopic (exact) mass is 727 g/mol. The molecule has 0 aliphatic rings. The molecule has 1 aromatic carbocycles. The van der Waals surface area contributed by atoms with Crippen LogP contribution in [0.25, 0.3) is 0 Å². The molecule has 1 aromatic rings. The minimum atomic E-state index is -8.09. The van der Waals surface area contributed by atoms with Gasteiger partial charge >= 0.3 is 35.8 Å². The molecule has 0 atom stereocenters. The summed E-state index contributed by atoms with van der Waals surface area (Å²) < 4.78 is 192. The topological polar surface area (TPSA) is 51.0 Å². The molecule has 0 saturated carbocycles. The van der Waals surface area contributed by atoms with E-state index < -0.39 is 87.0 Å². The molecule has 0 fully saturated rings. The van der Waals surface area contributed by atoms with Crippen LogP contribution >= 0.6 is 0 Å². The lowest BCUT2D eigenvalue weighted by atomic mass is 9.89. The summed E-state index contributed by atoms with van der Waals surface area (Å²) in [4.78, 5) is 0. The second-order valence-electron chi connectivity index (χ2n) is 14.0. The second kappa shape index (κ2) is 12.5. The normalized spacial score (nSPS) is 15.8. The first-order chi connectivity index (χ1) is 20.0. The van der Waals surface area contributed by atoms with Crippen LogP contribution < -0.4 is 0 Å². The Morgan fingerprint density at radius 3 is 1.20 bits per heavy atom. The maximum absolute atomic E-state index is 15.2. The van der Waals surface area contributed by atoms with Crippen LogP contribution in [0, 0.1) is 0 Å². The molecule has 4 nitrogen and oxygen atoms in total. The lowest BCUT2D eigenvalue weighted by molar-refractivity contribution is -0.434. The number of oxime groups is 1. The Hall–Kier alpha value is -1.87. The van der Waals surface area contributed by atoms with Crippen LogP contribution in [0.4, 0.5) is 57.1 Å². The summed E-state index contributed by atoms with van der Waals surface area (Å²) in [5, 5.41) is 10.4. The lowest BCUT2D eigenvalue weighted by Gasteiger charge is -2.39. The fourth-order valence-electron chi connectivity index (χ4n) is 3.25. The van der Waals surface area contributed by atoms with Gasteiger partial charge in [0.25, 0.3) is 0 Å². The average molecular weight is 728 g/mol. The third-order valence-corrected chi connectivity index (χ3v) is 17.4. The van der Waals surface area contributed by atoms with Gasteiger partial charge in [0.05, 0.1) is 13.2 Å². The Labute approximate surface area is 260 Å². The lowest BCUT2D eigenvalue weighted by Crippen LogP contribution is -2.71. The predicted octanol–water partition coefficient (Wildman–Crippen LogP) is 10.6. The number of nitrogens with zero attached hydrogens (tertiary/aromatic N) is 1. The first-order valence-corrected chi connectivity index (χ1v) is 19.4. The predicted molar refractivity (Wildman–Crippen MR) is 150 cm³/mol. The molecule has 0 unspecified atom stereocenters. The third-order valence-electron chi connectivity index (χ3n) is 8.47. The summed E-state index contributed by atoms with van der Waals surface area (Å²) in [5.41, 5.74) is -4.17. The molecule has 0 aromatic heterocycles. The van der Waals surface area contributed by atoms with Crippen LogP contribution in [0.5, 0.6) is 0 Å². The van der Waals surface area contributed by atoms with Crippen molar-refractivity contribution in [3.8, 4) is 0 Å². The fourth-order valence-corrected chi connectivity index (χ4v) is 5.17. The number of benzene rings is 1. The zero-order chi connectivity index (χ0) is 37.0. The van der Waals surface area contributed by atoms with Gasteiger partial charge in [0.15, 0.2) is 22.3 Å². The summed E-state index contributed by atoms with van der Waals surface area (Å²) in [6.07, 6.45) is -7.54. The quantitative estimate of drug-likeness (QED) is 0.0767. The Kier molecular flexibility index (Phi) is 11.5. The van der Waals surface area contributed by atoms with Crippen LogP contribution in [-0.2, 0) is 22.1 Å². The molecule has 19 heteroatoms. The molecule has 0 amide bonds. The van der Waals surface area contributed by atoms with Crippen molar-refractivity contribution < 1.29 is 71.1 Å². The van der Waals surface area contributed by atoms with E-state index in [0.717, 1.165) is 0 Å². The van der Waals surface area contributed by atoms with E-state index >= 15 is 8.78 Å². The van der Waals surface area contributed by atoms with Gasteiger partial charge in [-0.15, -0.1) is 0 Å². The Balaban J connectivity index is 3.87. The molecular formula is C27H38F13NO3Si2. The molecule has 0 spiro atoms. The third kappa shape index (κ3) is 7.56. The summed E-state index contributed by atoms with van der Waals surface area (Å²) in [5.74, 6) is -38.4. The molecule has 0 radical (unpaired) electrons. The van der Waals surface area contributed by atoms with Crippen molar-refractivity contribution in [1.82, 2.24) is 0 Å². The van der Waals surface area contributed by atoms with E-state index in [-0.39, 0.29) is 11.1 Å². The van der Waals surface area contributed by atoms with Gasteiger partial charge in [-0.2, -0.15) is 57.1 Å². The molecule has 0 saturated heterocycles. The highest BCUT2D eigenvalue weighted by Crippen LogP contribution is 2.60. The Morgan fingerprint density at radius 1 is 0.587 bits per heavy atom. The van der Waals surface area contributed by atoms with Crippen molar-refractivity contribution in [1.29, 1.82) is 0 Å². The Morgan fingerprint density at radius 2 is 0.913 bits per heavy atom. The Bertz CT molecular complexity index is 1220. The van der Waals surface area contributed by atoms with Crippen LogP contribution in [0.3, 0.4) is 0 Å². The smallest absolute Gasteiger partial charge is 0.413 e. The van der Waals surface area contributed by atoms with E-state index in [9.17, 15) is 53.5 Å². The molecule has 0 aliphatic carbocycles. The maximum atomic E-state index is 15.2. The van der Waals surface area contributed by atoms with Crippen molar-refractivity contribution in [3.05, 3.63) is 34.9 Å². The number of hydrogen-bond acceptors (Lipinski definition) is 4. The van der Waals surface area contributed by atoms with Crippen LogP contribution in [0.1, 0.15) is 58.2 Å². The summed E-state index contributed by atoms with van der Waals surface area (Å²) in [6, 6.07) is 2.53. The van der Waals surface area contributed by atoms with Crippen molar-refractivity contribution in [2.24, 2.45) is 5.16 Å². The van der Waals surface area contributed by atoms with Crippen molar-refractivity contribution in [2.75, 3.05) is 0 Å². The van der Waals surface area contributed by atoms with Gasteiger partial charge in [0.2, 0.25) is 0 Å².